The van der Waals surface area contributed by atoms with Gasteiger partial charge in [-0.05, 0) is 44.5 Å². The minimum atomic E-state index is -0.615. The number of nitrogens with zero attached hydrogens (tertiary/aromatic N) is 1. The van der Waals surface area contributed by atoms with Crippen molar-refractivity contribution in [1.29, 1.82) is 0 Å². The van der Waals surface area contributed by atoms with Gasteiger partial charge in [0.05, 0.1) is 16.3 Å². The zero-order chi connectivity index (χ0) is 19.3. The van der Waals surface area contributed by atoms with Gasteiger partial charge in [-0.15, -0.1) is 0 Å². The van der Waals surface area contributed by atoms with Crippen LogP contribution in [0.4, 0.5) is 5.69 Å². The summed E-state index contributed by atoms with van der Waals surface area (Å²) in [6, 6.07) is 6.27. The minimum Gasteiger partial charge on any atom is -0.454 e. The number of hydrogen-bond acceptors (Lipinski definition) is 5. The Labute approximate surface area is 157 Å². The predicted molar refractivity (Wildman–Crippen MR) is 101 cm³/mol. The van der Waals surface area contributed by atoms with Crippen molar-refractivity contribution in [3.63, 3.8) is 0 Å². The molecule has 2 N–H and O–H groups in total. The lowest BCUT2D eigenvalue weighted by atomic mass is 10.1. The molecule has 2 rings (SSSR count). The molecule has 26 heavy (non-hydrogen) atoms. The van der Waals surface area contributed by atoms with Crippen molar-refractivity contribution in [1.82, 2.24) is 4.57 Å². The van der Waals surface area contributed by atoms with Gasteiger partial charge in [-0.1, -0.05) is 11.6 Å². The van der Waals surface area contributed by atoms with Gasteiger partial charge >= 0.3 is 5.97 Å². The minimum absolute atomic E-state index is 0.244. The fraction of sp³-hybridized carbons (Fsp3) is 0.368. The van der Waals surface area contributed by atoms with Crippen LogP contribution in [0.1, 0.15) is 38.5 Å². The second-order valence-electron chi connectivity index (χ2n) is 6.02. The summed E-state index contributed by atoms with van der Waals surface area (Å²) in [5, 5.41) is 0.360. The number of aryl methyl sites for hydroxylation is 1. The standard InChI is InChI=1S/C19H23ClN2O4/c1-12-9-15(13(2)22(12)7-4-8-25-3)18(23)11-26-19(24)14-5-6-16(20)17(21)10-14/h5-6,9-10H,4,7-8,11,21H2,1-3H3. The number of ketones is 1. The van der Waals surface area contributed by atoms with E-state index in [1.807, 2.05) is 19.9 Å². The molecule has 0 unspecified atom stereocenters. The molecule has 0 radical (unpaired) electrons. The second-order valence-corrected chi connectivity index (χ2v) is 6.43. The SMILES string of the molecule is COCCCn1c(C)cc(C(=O)COC(=O)c2ccc(Cl)c(N)c2)c1C. The molecule has 7 heteroatoms. The molecular formula is C19H23ClN2O4. The molecule has 0 amide bonds. The van der Waals surface area contributed by atoms with E-state index < -0.39 is 5.97 Å². The van der Waals surface area contributed by atoms with Gasteiger partial charge in [-0.3, -0.25) is 4.79 Å². The first-order valence-electron chi connectivity index (χ1n) is 8.26. The number of carbonyl (C=O) groups excluding carboxylic acids is 2. The number of nitrogens with two attached hydrogens (primary N) is 1. The summed E-state index contributed by atoms with van der Waals surface area (Å²) < 4.78 is 12.3. The number of esters is 1. The molecule has 6 nitrogen and oxygen atoms in total. The number of rotatable bonds is 8. The first-order valence-corrected chi connectivity index (χ1v) is 8.64. The van der Waals surface area contributed by atoms with Gasteiger partial charge in [0.25, 0.3) is 0 Å². The molecular weight excluding hydrogens is 356 g/mol. The van der Waals surface area contributed by atoms with E-state index >= 15 is 0 Å². The van der Waals surface area contributed by atoms with Crippen molar-refractivity contribution < 1.29 is 19.1 Å². The molecule has 0 bridgehead atoms. The Kier molecular flexibility index (Phi) is 6.83. The van der Waals surface area contributed by atoms with Crippen LogP contribution >= 0.6 is 11.6 Å². The number of aromatic nitrogens is 1. The van der Waals surface area contributed by atoms with Crippen molar-refractivity contribution in [2.24, 2.45) is 0 Å². The molecule has 1 aromatic carbocycles. The predicted octanol–water partition coefficient (Wildman–Crippen LogP) is 3.42. The number of methoxy groups -OCH3 is 1. The molecule has 0 saturated heterocycles. The lowest BCUT2D eigenvalue weighted by Crippen LogP contribution is -2.15. The fourth-order valence-electron chi connectivity index (χ4n) is 2.76. The number of nitrogen functional groups attached to an aromatic ring is 1. The number of Topliss-reactive ketones (excluding diaryl/α,β-unsaturated/α-hetero) is 1. The van der Waals surface area contributed by atoms with Gasteiger partial charge < -0.3 is 19.8 Å². The maximum atomic E-state index is 12.5. The monoisotopic (exact) mass is 378 g/mol. The van der Waals surface area contributed by atoms with Crippen LogP contribution in [0.3, 0.4) is 0 Å². The number of hydrogen-bond donors (Lipinski definition) is 1. The molecule has 2 aromatic rings. The highest BCUT2D eigenvalue weighted by Crippen LogP contribution is 2.20. The molecule has 0 aliphatic heterocycles. The van der Waals surface area contributed by atoms with E-state index in [4.69, 9.17) is 26.8 Å². The summed E-state index contributed by atoms with van der Waals surface area (Å²) in [7, 11) is 1.66. The molecule has 0 atom stereocenters. The van der Waals surface area contributed by atoms with Gasteiger partial charge in [0.1, 0.15) is 0 Å². The Bertz CT molecular complexity index is 814. The van der Waals surface area contributed by atoms with E-state index in [0.717, 1.165) is 24.4 Å². The van der Waals surface area contributed by atoms with E-state index in [9.17, 15) is 9.59 Å². The Hall–Kier alpha value is -2.31. The van der Waals surface area contributed by atoms with Crippen LogP contribution in [-0.4, -0.2) is 36.6 Å². The van der Waals surface area contributed by atoms with Crippen molar-refractivity contribution in [2.75, 3.05) is 26.1 Å². The first-order chi connectivity index (χ1) is 12.3. The average molecular weight is 379 g/mol. The summed E-state index contributed by atoms with van der Waals surface area (Å²) in [4.78, 5) is 24.5. The molecule has 1 aromatic heterocycles. The molecule has 0 aliphatic rings. The summed E-state index contributed by atoms with van der Waals surface area (Å²) in [5.74, 6) is -0.859. The summed E-state index contributed by atoms with van der Waals surface area (Å²) in [6.45, 7) is 4.92. The van der Waals surface area contributed by atoms with Crippen LogP contribution in [0.25, 0.3) is 0 Å². The van der Waals surface area contributed by atoms with Gasteiger partial charge in [0.15, 0.2) is 6.61 Å². The molecule has 1 heterocycles. The zero-order valence-corrected chi connectivity index (χ0v) is 15.9. The number of benzene rings is 1. The lowest BCUT2D eigenvalue weighted by Gasteiger charge is -2.09. The third-order valence-electron chi connectivity index (χ3n) is 4.17. The smallest absolute Gasteiger partial charge is 0.338 e. The summed E-state index contributed by atoms with van der Waals surface area (Å²) in [5.41, 5.74) is 8.62. The number of halogens is 1. The van der Waals surface area contributed by atoms with Crippen molar-refractivity contribution in [2.45, 2.75) is 26.8 Å². The Morgan fingerprint density at radius 3 is 2.62 bits per heavy atom. The third-order valence-corrected chi connectivity index (χ3v) is 4.51. The highest BCUT2D eigenvalue weighted by molar-refractivity contribution is 6.33. The lowest BCUT2D eigenvalue weighted by molar-refractivity contribution is 0.0474. The van der Waals surface area contributed by atoms with Crippen LogP contribution in [0, 0.1) is 13.8 Å². The van der Waals surface area contributed by atoms with Crippen molar-refractivity contribution in [3.05, 3.63) is 51.8 Å². The molecule has 140 valence electrons. The van der Waals surface area contributed by atoms with E-state index in [2.05, 4.69) is 4.57 Å². The topological polar surface area (TPSA) is 83.5 Å². The Balaban J connectivity index is 2.02. The Morgan fingerprint density at radius 1 is 1.23 bits per heavy atom. The van der Waals surface area contributed by atoms with Crippen LogP contribution in [-0.2, 0) is 16.0 Å². The first kappa shape index (κ1) is 20.0. The zero-order valence-electron chi connectivity index (χ0n) is 15.2. The quantitative estimate of drug-likeness (QED) is 0.329. The molecule has 0 saturated carbocycles. The number of ether oxygens (including phenoxy) is 2. The van der Waals surface area contributed by atoms with Gasteiger partial charge in [-0.2, -0.15) is 0 Å². The van der Waals surface area contributed by atoms with Gasteiger partial charge in [-0.25, -0.2) is 4.79 Å². The van der Waals surface area contributed by atoms with Crippen LogP contribution in [0.2, 0.25) is 5.02 Å². The van der Waals surface area contributed by atoms with E-state index in [1.54, 1.807) is 7.11 Å². The maximum Gasteiger partial charge on any atom is 0.338 e. The van der Waals surface area contributed by atoms with E-state index in [1.165, 1.54) is 18.2 Å². The second kappa shape index (κ2) is 8.87. The molecule has 0 spiro atoms. The van der Waals surface area contributed by atoms with Gasteiger partial charge in [0.2, 0.25) is 5.78 Å². The Morgan fingerprint density at radius 2 is 1.96 bits per heavy atom. The normalized spacial score (nSPS) is 10.8. The molecule has 0 aliphatic carbocycles. The average Bonchev–Trinajstić information content (AvgIpc) is 2.90. The number of carbonyl (C=O) groups is 2. The van der Waals surface area contributed by atoms with Gasteiger partial charge in [0, 0.05) is 37.2 Å². The van der Waals surface area contributed by atoms with Crippen LogP contribution < -0.4 is 5.73 Å². The fourth-order valence-corrected chi connectivity index (χ4v) is 2.87. The van der Waals surface area contributed by atoms with Crippen LogP contribution in [0.5, 0.6) is 0 Å². The van der Waals surface area contributed by atoms with E-state index in [0.29, 0.717) is 17.2 Å². The van der Waals surface area contributed by atoms with Crippen molar-refractivity contribution in [3.8, 4) is 0 Å². The third kappa shape index (κ3) is 4.65. The maximum absolute atomic E-state index is 12.5. The highest BCUT2D eigenvalue weighted by atomic mass is 35.5. The largest absolute Gasteiger partial charge is 0.454 e. The number of anilines is 1. The van der Waals surface area contributed by atoms with Crippen LogP contribution in [0.15, 0.2) is 24.3 Å². The summed E-state index contributed by atoms with van der Waals surface area (Å²) >= 11 is 5.83. The summed E-state index contributed by atoms with van der Waals surface area (Å²) in [6.07, 6.45) is 0.855. The molecule has 0 fully saturated rings. The van der Waals surface area contributed by atoms with Crippen molar-refractivity contribution >= 4 is 29.0 Å². The van der Waals surface area contributed by atoms with E-state index in [-0.39, 0.29) is 23.6 Å². The highest BCUT2D eigenvalue weighted by Gasteiger charge is 2.18.